The molecule has 0 saturated carbocycles. The Labute approximate surface area is 138 Å². The molecule has 0 unspecified atom stereocenters. The van der Waals surface area contributed by atoms with Gasteiger partial charge >= 0.3 is 0 Å². The van der Waals surface area contributed by atoms with E-state index < -0.39 is 0 Å². The molecule has 0 aliphatic heterocycles. The monoisotopic (exact) mass is 383 g/mol. The maximum absolute atomic E-state index is 6.22. The average molecular weight is 385 g/mol. The Morgan fingerprint density at radius 3 is 2.67 bits per heavy atom. The Balaban J connectivity index is 2.19. The Morgan fingerprint density at radius 2 is 1.90 bits per heavy atom. The van der Waals surface area contributed by atoms with Crippen molar-refractivity contribution in [3.8, 4) is 17.1 Å². The molecule has 106 valence electrons. The van der Waals surface area contributed by atoms with Gasteiger partial charge in [-0.15, -0.1) is 5.10 Å². The number of nitrogen functional groups attached to an aromatic ring is 1. The average Bonchev–Trinajstić information content (AvgIpc) is 2.90. The van der Waals surface area contributed by atoms with Gasteiger partial charge < -0.3 is 5.73 Å². The molecule has 0 amide bonds. The molecule has 8 heteroatoms. The lowest BCUT2D eigenvalue weighted by molar-refractivity contribution is 0.791. The molecule has 21 heavy (non-hydrogen) atoms. The zero-order chi connectivity index (χ0) is 15.0. The number of anilines is 1. The normalized spacial score (nSPS) is 10.8. The van der Waals surface area contributed by atoms with E-state index in [1.165, 1.54) is 4.68 Å². The molecule has 0 aliphatic carbocycles. The fraction of sp³-hybridized carbons (Fsp3) is 0. The second-order valence-electron chi connectivity index (χ2n) is 4.24. The summed E-state index contributed by atoms with van der Waals surface area (Å²) in [7, 11) is 0. The van der Waals surface area contributed by atoms with Crippen LogP contribution in [0.4, 0.5) is 5.69 Å². The molecule has 0 spiro atoms. The van der Waals surface area contributed by atoms with Gasteiger partial charge in [0.25, 0.3) is 0 Å². The van der Waals surface area contributed by atoms with Gasteiger partial charge in [0.1, 0.15) is 0 Å². The van der Waals surface area contributed by atoms with E-state index in [9.17, 15) is 0 Å². The van der Waals surface area contributed by atoms with Crippen LogP contribution in [-0.2, 0) is 0 Å². The van der Waals surface area contributed by atoms with Crippen LogP contribution >= 0.6 is 39.1 Å². The largest absolute Gasteiger partial charge is 0.398 e. The predicted molar refractivity (Wildman–Crippen MR) is 86.7 cm³/mol. The number of hydrogen-bond acceptors (Lipinski definition) is 4. The summed E-state index contributed by atoms with van der Waals surface area (Å²) >= 11 is 15.5. The SMILES string of the molecule is Nc1cc(Cl)ccc1-c1nnnn1-c1cc(Br)ccc1Cl. The van der Waals surface area contributed by atoms with Crippen LogP contribution < -0.4 is 5.73 Å². The minimum absolute atomic E-state index is 0.490. The molecular weight excluding hydrogens is 377 g/mol. The first kappa shape index (κ1) is 14.3. The standard InChI is InChI=1S/C13H8BrCl2N5/c14-7-1-4-10(16)12(5-7)21-13(18-19-20-21)9-3-2-8(15)6-11(9)17/h1-6H,17H2. The van der Waals surface area contributed by atoms with Crippen molar-refractivity contribution in [1.82, 2.24) is 20.2 Å². The van der Waals surface area contributed by atoms with Crippen molar-refractivity contribution in [2.24, 2.45) is 0 Å². The van der Waals surface area contributed by atoms with Gasteiger partial charge in [-0.2, -0.15) is 4.68 Å². The van der Waals surface area contributed by atoms with E-state index in [0.717, 1.165) is 4.47 Å². The topological polar surface area (TPSA) is 69.6 Å². The van der Waals surface area contributed by atoms with Crippen LogP contribution in [-0.4, -0.2) is 20.2 Å². The molecule has 2 N–H and O–H groups in total. The lowest BCUT2D eigenvalue weighted by Gasteiger charge is -2.09. The van der Waals surface area contributed by atoms with E-state index in [4.69, 9.17) is 28.9 Å². The van der Waals surface area contributed by atoms with Crippen LogP contribution in [0.3, 0.4) is 0 Å². The molecule has 1 heterocycles. The van der Waals surface area contributed by atoms with Crippen molar-refractivity contribution in [3.05, 3.63) is 50.9 Å². The van der Waals surface area contributed by atoms with Crippen molar-refractivity contribution in [2.45, 2.75) is 0 Å². The third-order valence-corrected chi connectivity index (χ3v) is 3.91. The van der Waals surface area contributed by atoms with Crippen LogP contribution in [0.2, 0.25) is 10.0 Å². The molecule has 2 aromatic carbocycles. The highest BCUT2D eigenvalue weighted by Gasteiger charge is 2.16. The Hall–Kier alpha value is -1.63. The molecule has 0 radical (unpaired) electrons. The first-order valence-electron chi connectivity index (χ1n) is 5.85. The zero-order valence-corrected chi connectivity index (χ0v) is 13.6. The second kappa shape index (κ2) is 5.63. The van der Waals surface area contributed by atoms with Crippen molar-refractivity contribution >= 4 is 44.8 Å². The second-order valence-corrected chi connectivity index (χ2v) is 6.00. The maximum atomic E-state index is 6.22. The lowest BCUT2D eigenvalue weighted by Crippen LogP contribution is -2.02. The van der Waals surface area contributed by atoms with Crippen LogP contribution in [0.1, 0.15) is 0 Å². The third-order valence-electron chi connectivity index (χ3n) is 2.86. The maximum Gasteiger partial charge on any atom is 0.189 e. The summed E-state index contributed by atoms with van der Waals surface area (Å²) in [5.74, 6) is 0.490. The summed E-state index contributed by atoms with van der Waals surface area (Å²) in [6.45, 7) is 0. The van der Waals surface area contributed by atoms with Gasteiger partial charge in [0.15, 0.2) is 5.82 Å². The Kier molecular flexibility index (Phi) is 3.84. The summed E-state index contributed by atoms with van der Waals surface area (Å²) in [6, 6.07) is 10.6. The molecule has 0 saturated heterocycles. The van der Waals surface area contributed by atoms with Gasteiger partial charge in [-0.25, -0.2) is 0 Å². The van der Waals surface area contributed by atoms with E-state index in [0.29, 0.717) is 32.8 Å². The predicted octanol–water partition coefficient (Wildman–Crippen LogP) is 3.98. The van der Waals surface area contributed by atoms with Gasteiger partial charge in [-0.3, -0.25) is 0 Å². The molecule has 0 atom stereocenters. The summed E-state index contributed by atoms with van der Waals surface area (Å²) in [5.41, 5.74) is 7.82. The van der Waals surface area contributed by atoms with Gasteiger partial charge in [0, 0.05) is 20.7 Å². The molecule has 1 aromatic heterocycles. The van der Waals surface area contributed by atoms with Crippen LogP contribution in [0.25, 0.3) is 17.1 Å². The van der Waals surface area contributed by atoms with E-state index in [2.05, 4.69) is 31.5 Å². The summed E-state index contributed by atoms with van der Waals surface area (Å²) < 4.78 is 2.40. The number of nitrogens with zero attached hydrogens (tertiary/aromatic N) is 4. The summed E-state index contributed by atoms with van der Waals surface area (Å²) in [6.07, 6.45) is 0. The van der Waals surface area contributed by atoms with Crippen molar-refractivity contribution in [1.29, 1.82) is 0 Å². The number of halogens is 3. The molecule has 5 nitrogen and oxygen atoms in total. The number of aromatic nitrogens is 4. The number of nitrogens with two attached hydrogens (primary N) is 1. The Morgan fingerprint density at radius 1 is 1.10 bits per heavy atom. The number of rotatable bonds is 2. The van der Waals surface area contributed by atoms with Gasteiger partial charge in [0.05, 0.1) is 10.7 Å². The van der Waals surface area contributed by atoms with Crippen LogP contribution in [0.5, 0.6) is 0 Å². The van der Waals surface area contributed by atoms with Gasteiger partial charge in [-0.1, -0.05) is 39.1 Å². The van der Waals surface area contributed by atoms with Crippen LogP contribution in [0.15, 0.2) is 40.9 Å². The first-order chi connectivity index (χ1) is 10.1. The molecular formula is C13H8BrCl2N5. The minimum Gasteiger partial charge on any atom is -0.398 e. The quantitative estimate of drug-likeness (QED) is 0.678. The lowest BCUT2D eigenvalue weighted by atomic mass is 10.1. The van der Waals surface area contributed by atoms with E-state index in [-0.39, 0.29) is 0 Å². The zero-order valence-electron chi connectivity index (χ0n) is 10.5. The molecule has 0 fully saturated rings. The van der Waals surface area contributed by atoms with Gasteiger partial charge in [0.2, 0.25) is 0 Å². The molecule has 3 rings (SSSR count). The van der Waals surface area contributed by atoms with E-state index >= 15 is 0 Å². The fourth-order valence-corrected chi connectivity index (χ4v) is 2.63. The van der Waals surface area contributed by atoms with Crippen molar-refractivity contribution in [3.63, 3.8) is 0 Å². The minimum atomic E-state index is 0.490. The molecule has 3 aromatic rings. The number of hydrogen-bond donors (Lipinski definition) is 1. The number of benzene rings is 2. The fourth-order valence-electron chi connectivity index (χ4n) is 1.90. The van der Waals surface area contributed by atoms with E-state index in [1.54, 1.807) is 24.3 Å². The smallest absolute Gasteiger partial charge is 0.189 e. The van der Waals surface area contributed by atoms with Crippen molar-refractivity contribution in [2.75, 3.05) is 5.73 Å². The number of tetrazole rings is 1. The highest BCUT2D eigenvalue weighted by Crippen LogP contribution is 2.31. The Bertz CT molecular complexity index is 818. The highest BCUT2D eigenvalue weighted by molar-refractivity contribution is 9.10. The van der Waals surface area contributed by atoms with Crippen molar-refractivity contribution < 1.29 is 0 Å². The van der Waals surface area contributed by atoms with Crippen LogP contribution in [0, 0.1) is 0 Å². The summed E-state index contributed by atoms with van der Waals surface area (Å²) in [5, 5.41) is 12.8. The highest BCUT2D eigenvalue weighted by atomic mass is 79.9. The van der Waals surface area contributed by atoms with E-state index in [1.807, 2.05) is 12.1 Å². The first-order valence-corrected chi connectivity index (χ1v) is 7.40. The third kappa shape index (κ3) is 2.74. The molecule has 0 aliphatic rings. The summed E-state index contributed by atoms with van der Waals surface area (Å²) in [4.78, 5) is 0. The van der Waals surface area contributed by atoms with Gasteiger partial charge in [-0.05, 0) is 46.8 Å². The molecule has 0 bridgehead atoms.